The number of rotatable bonds is 4. The molecule has 0 amide bonds. The maximum absolute atomic E-state index is 11.3. The molecule has 2 unspecified atom stereocenters. The first kappa shape index (κ1) is 13.0. The van der Waals surface area contributed by atoms with E-state index < -0.39 is 15.9 Å². The van der Waals surface area contributed by atoms with E-state index in [0.717, 1.165) is 6.26 Å². The topological polar surface area (TPSA) is 63.6 Å². The minimum Gasteiger partial charge on any atom is -0.488 e. The van der Waals surface area contributed by atoms with E-state index in [1.807, 2.05) is 0 Å². The molecule has 90 valence electrons. The smallest absolute Gasteiger partial charge is 0.175 e. The molecule has 0 saturated heterocycles. The lowest BCUT2D eigenvalue weighted by Crippen LogP contribution is -2.25. The number of aliphatic hydroxyl groups is 1. The molecule has 1 rings (SSSR count). The molecule has 2 atom stereocenters. The van der Waals surface area contributed by atoms with Crippen LogP contribution in [0.15, 0.2) is 29.2 Å². The molecular formula is C11H16O4S. The minimum absolute atomic E-state index is 0.211. The van der Waals surface area contributed by atoms with Crippen LogP contribution in [0.3, 0.4) is 0 Å². The van der Waals surface area contributed by atoms with Gasteiger partial charge in [-0.05, 0) is 32.0 Å². The van der Waals surface area contributed by atoms with Crippen molar-refractivity contribution in [1.29, 1.82) is 0 Å². The molecule has 16 heavy (non-hydrogen) atoms. The summed E-state index contributed by atoms with van der Waals surface area (Å²) in [6.07, 6.45) is 0.154. The molecule has 0 bridgehead atoms. The van der Waals surface area contributed by atoms with E-state index in [1.165, 1.54) is 12.1 Å². The molecule has 0 spiro atoms. The van der Waals surface area contributed by atoms with Crippen LogP contribution in [0.5, 0.6) is 5.75 Å². The van der Waals surface area contributed by atoms with Crippen molar-refractivity contribution >= 4 is 9.84 Å². The molecule has 0 fully saturated rings. The van der Waals surface area contributed by atoms with Gasteiger partial charge in [0.25, 0.3) is 0 Å². The van der Waals surface area contributed by atoms with Crippen LogP contribution in [0.25, 0.3) is 0 Å². The highest BCUT2D eigenvalue weighted by molar-refractivity contribution is 7.90. The summed E-state index contributed by atoms with van der Waals surface area (Å²) in [7, 11) is -3.22. The van der Waals surface area contributed by atoms with E-state index in [2.05, 4.69) is 0 Å². The molecule has 1 aromatic carbocycles. The number of sulfone groups is 1. The quantitative estimate of drug-likeness (QED) is 0.865. The number of benzene rings is 1. The summed E-state index contributed by atoms with van der Waals surface area (Å²) < 4.78 is 28.0. The van der Waals surface area contributed by atoms with Gasteiger partial charge in [0.15, 0.2) is 9.84 Å². The van der Waals surface area contributed by atoms with Crippen LogP contribution in [-0.2, 0) is 9.84 Å². The first-order valence-corrected chi connectivity index (χ1v) is 6.84. The van der Waals surface area contributed by atoms with Crippen LogP contribution < -0.4 is 4.74 Å². The van der Waals surface area contributed by atoms with Gasteiger partial charge in [0.2, 0.25) is 0 Å². The lowest BCUT2D eigenvalue weighted by atomic mass is 10.2. The van der Waals surface area contributed by atoms with Gasteiger partial charge in [-0.2, -0.15) is 0 Å². The highest BCUT2D eigenvalue weighted by Crippen LogP contribution is 2.19. The summed E-state index contributed by atoms with van der Waals surface area (Å²) >= 11 is 0. The number of ether oxygens (including phenoxy) is 1. The molecular weight excluding hydrogens is 228 g/mol. The molecule has 0 radical (unpaired) electrons. The Labute approximate surface area is 95.8 Å². The van der Waals surface area contributed by atoms with Crippen LogP contribution in [0.2, 0.25) is 0 Å². The highest BCUT2D eigenvalue weighted by Gasteiger charge is 2.12. The van der Waals surface area contributed by atoms with Crippen molar-refractivity contribution in [3.05, 3.63) is 24.3 Å². The molecule has 1 N–H and O–H groups in total. The van der Waals surface area contributed by atoms with E-state index in [9.17, 15) is 13.5 Å². The Morgan fingerprint density at radius 1 is 1.31 bits per heavy atom. The van der Waals surface area contributed by atoms with Gasteiger partial charge < -0.3 is 9.84 Å². The zero-order valence-corrected chi connectivity index (χ0v) is 10.4. The molecule has 0 aromatic heterocycles. The Bertz CT molecular complexity index is 451. The third kappa shape index (κ3) is 3.50. The second-order valence-electron chi connectivity index (χ2n) is 3.81. The Morgan fingerprint density at radius 2 is 1.94 bits per heavy atom. The third-order valence-electron chi connectivity index (χ3n) is 2.23. The SMILES string of the molecule is CC(O)C(C)Oc1cccc(S(C)(=O)=O)c1. The predicted octanol–water partition coefficient (Wildman–Crippen LogP) is 1.24. The van der Waals surface area contributed by atoms with E-state index in [4.69, 9.17) is 4.74 Å². The summed E-state index contributed by atoms with van der Waals surface area (Å²) in [5, 5.41) is 9.27. The van der Waals surface area contributed by atoms with E-state index in [1.54, 1.807) is 26.0 Å². The van der Waals surface area contributed by atoms with Crippen molar-refractivity contribution in [2.45, 2.75) is 31.0 Å². The van der Waals surface area contributed by atoms with E-state index in [0.29, 0.717) is 5.75 Å². The van der Waals surface area contributed by atoms with Gasteiger partial charge in [0, 0.05) is 6.26 Å². The van der Waals surface area contributed by atoms with Gasteiger partial charge in [0.05, 0.1) is 11.0 Å². The first-order valence-electron chi connectivity index (χ1n) is 4.95. The molecule has 0 saturated carbocycles. The fourth-order valence-corrected chi connectivity index (χ4v) is 1.75. The summed E-state index contributed by atoms with van der Waals surface area (Å²) in [6.45, 7) is 3.34. The Morgan fingerprint density at radius 3 is 2.44 bits per heavy atom. The minimum atomic E-state index is -3.22. The van der Waals surface area contributed by atoms with Crippen LogP contribution in [0, 0.1) is 0 Å². The van der Waals surface area contributed by atoms with E-state index in [-0.39, 0.29) is 11.0 Å². The molecule has 0 aliphatic heterocycles. The molecule has 1 aromatic rings. The summed E-state index contributed by atoms with van der Waals surface area (Å²) in [5.41, 5.74) is 0. The second kappa shape index (κ2) is 4.84. The molecule has 0 aliphatic rings. The van der Waals surface area contributed by atoms with Crippen LogP contribution >= 0.6 is 0 Å². The molecule has 0 aliphatic carbocycles. The Hall–Kier alpha value is -1.07. The second-order valence-corrected chi connectivity index (χ2v) is 5.83. The fraction of sp³-hybridized carbons (Fsp3) is 0.455. The summed E-state index contributed by atoms with van der Waals surface area (Å²) in [4.78, 5) is 0.211. The zero-order chi connectivity index (χ0) is 12.3. The van der Waals surface area contributed by atoms with Crippen molar-refractivity contribution in [3.8, 4) is 5.75 Å². The number of hydrogen-bond donors (Lipinski definition) is 1. The average Bonchev–Trinajstić information content (AvgIpc) is 2.16. The van der Waals surface area contributed by atoms with Gasteiger partial charge in [-0.3, -0.25) is 0 Å². The van der Waals surface area contributed by atoms with Crippen molar-refractivity contribution < 1.29 is 18.3 Å². The third-order valence-corrected chi connectivity index (χ3v) is 3.35. The summed E-state index contributed by atoms with van der Waals surface area (Å²) in [6, 6.07) is 6.23. The highest BCUT2D eigenvalue weighted by atomic mass is 32.2. The standard InChI is InChI=1S/C11H16O4S/c1-8(12)9(2)15-10-5-4-6-11(7-10)16(3,13)14/h4-9,12H,1-3H3. The summed E-state index contributed by atoms with van der Waals surface area (Å²) in [5.74, 6) is 0.441. The maximum Gasteiger partial charge on any atom is 0.175 e. The normalized spacial score (nSPS) is 15.5. The van der Waals surface area contributed by atoms with E-state index >= 15 is 0 Å². The number of aliphatic hydroxyl groups excluding tert-OH is 1. The predicted molar refractivity (Wildman–Crippen MR) is 61.3 cm³/mol. The van der Waals surface area contributed by atoms with Gasteiger partial charge in [-0.25, -0.2) is 8.42 Å². The van der Waals surface area contributed by atoms with Crippen LogP contribution in [0.1, 0.15) is 13.8 Å². The Kier molecular flexibility index (Phi) is 3.93. The van der Waals surface area contributed by atoms with Crippen molar-refractivity contribution in [2.24, 2.45) is 0 Å². The van der Waals surface area contributed by atoms with Crippen molar-refractivity contribution in [3.63, 3.8) is 0 Å². The first-order chi connectivity index (χ1) is 7.30. The zero-order valence-electron chi connectivity index (χ0n) is 9.54. The average molecular weight is 244 g/mol. The monoisotopic (exact) mass is 244 g/mol. The van der Waals surface area contributed by atoms with Gasteiger partial charge in [-0.1, -0.05) is 6.07 Å². The molecule has 4 nitrogen and oxygen atoms in total. The Balaban J connectivity index is 2.92. The van der Waals surface area contributed by atoms with Crippen molar-refractivity contribution in [1.82, 2.24) is 0 Å². The lowest BCUT2D eigenvalue weighted by molar-refractivity contribution is 0.0603. The maximum atomic E-state index is 11.3. The van der Waals surface area contributed by atoms with Gasteiger partial charge in [0.1, 0.15) is 11.9 Å². The van der Waals surface area contributed by atoms with Crippen LogP contribution in [0.4, 0.5) is 0 Å². The molecule has 0 heterocycles. The largest absolute Gasteiger partial charge is 0.488 e. The van der Waals surface area contributed by atoms with Gasteiger partial charge >= 0.3 is 0 Å². The van der Waals surface area contributed by atoms with Crippen molar-refractivity contribution in [2.75, 3.05) is 6.26 Å². The van der Waals surface area contributed by atoms with Crippen LogP contribution in [-0.4, -0.2) is 32.0 Å². The fourth-order valence-electron chi connectivity index (χ4n) is 1.09. The number of hydrogen-bond acceptors (Lipinski definition) is 4. The molecule has 5 heteroatoms. The van der Waals surface area contributed by atoms with Gasteiger partial charge in [-0.15, -0.1) is 0 Å². The lowest BCUT2D eigenvalue weighted by Gasteiger charge is -2.17.